The summed E-state index contributed by atoms with van der Waals surface area (Å²) >= 11 is 0. The molecule has 3 fully saturated rings. The number of hydrogen-bond donors (Lipinski definition) is 1. The lowest BCUT2D eigenvalue weighted by molar-refractivity contribution is -0.145. The van der Waals surface area contributed by atoms with Crippen molar-refractivity contribution in [3.63, 3.8) is 0 Å². The molecule has 1 aliphatic heterocycles. The molecule has 2 aliphatic carbocycles. The summed E-state index contributed by atoms with van der Waals surface area (Å²) in [6, 6.07) is 1.88. The van der Waals surface area contributed by atoms with Crippen LogP contribution in [0.15, 0.2) is 10.6 Å². The van der Waals surface area contributed by atoms with Gasteiger partial charge in [0, 0.05) is 37.7 Å². The zero-order chi connectivity index (χ0) is 18.3. The second-order valence-corrected chi connectivity index (χ2v) is 8.02. The molecular formula is C19H27N3O4. The lowest BCUT2D eigenvalue weighted by Gasteiger charge is -2.16. The molecular weight excluding hydrogens is 334 g/mol. The van der Waals surface area contributed by atoms with Gasteiger partial charge in [-0.05, 0) is 38.0 Å². The highest BCUT2D eigenvalue weighted by molar-refractivity contribution is 5.92. The van der Waals surface area contributed by atoms with E-state index in [-0.39, 0.29) is 23.8 Å². The average molecular weight is 361 g/mol. The maximum Gasteiger partial charge on any atom is 0.309 e. The standard InChI is InChI=1S/C19H27N3O4/c1-3-25-19(24)14-6-13(14)9-22-8-11(2)16(10-22)20-18(23)15-7-17(26-21-15)12-4-5-12/h7,11-14,16H,3-6,8-10H2,1-2H3,(H,20,23)/t11-,13?,14?,16+/m0/s1. The molecule has 0 bridgehead atoms. The summed E-state index contributed by atoms with van der Waals surface area (Å²) < 4.78 is 10.4. The molecule has 3 aliphatic rings. The van der Waals surface area contributed by atoms with Gasteiger partial charge in [0.25, 0.3) is 5.91 Å². The Morgan fingerprint density at radius 3 is 2.92 bits per heavy atom. The van der Waals surface area contributed by atoms with E-state index in [0.717, 1.165) is 44.7 Å². The van der Waals surface area contributed by atoms with Gasteiger partial charge in [0.1, 0.15) is 5.76 Å². The van der Waals surface area contributed by atoms with E-state index in [4.69, 9.17) is 9.26 Å². The fourth-order valence-electron chi connectivity index (χ4n) is 3.92. The number of aromatic nitrogens is 1. The van der Waals surface area contributed by atoms with Gasteiger partial charge in [0.15, 0.2) is 5.69 Å². The number of hydrogen-bond acceptors (Lipinski definition) is 6. The van der Waals surface area contributed by atoms with E-state index in [1.165, 1.54) is 0 Å². The third kappa shape index (κ3) is 3.77. The first-order chi connectivity index (χ1) is 12.5. The van der Waals surface area contributed by atoms with Crippen LogP contribution in [0.4, 0.5) is 0 Å². The first kappa shape index (κ1) is 17.5. The molecule has 7 heteroatoms. The topological polar surface area (TPSA) is 84.7 Å². The van der Waals surface area contributed by atoms with Crippen LogP contribution in [-0.2, 0) is 9.53 Å². The van der Waals surface area contributed by atoms with Gasteiger partial charge < -0.3 is 19.5 Å². The van der Waals surface area contributed by atoms with Crippen LogP contribution in [0.2, 0.25) is 0 Å². The maximum absolute atomic E-state index is 12.4. The molecule has 2 heterocycles. The van der Waals surface area contributed by atoms with Crippen molar-refractivity contribution < 1.29 is 18.8 Å². The van der Waals surface area contributed by atoms with E-state index in [9.17, 15) is 9.59 Å². The van der Waals surface area contributed by atoms with Crippen LogP contribution < -0.4 is 5.32 Å². The summed E-state index contributed by atoms with van der Waals surface area (Å²) in [7, 11) is 0. The van der Waals surface area contributed by atoms with Crippen molar-refractivity contribution in [2.75, 3.05) is 26.2 Å². The molecule has 2 saturated carbocycles. The van der Waals surface area contributed by atoms with Gasteiger partial charge in [0.2, 0.25) is 0 Å². The highest BCUT2D eigenvalue weighted by Gasteiger charge is 2.46. The smallest absolute Gasteiger partial charge is 0.309 e. The van der Waals surface area contributed by atoms with Crippen LogP contribution in [0.25, 0.3) is 0 Å². The summed E-state index contributed by atoms with van der Waals surface area (Å²) in [4.78, 5) is 26.6. The fraction of sp³-hybridized carbons (Fsp3) is 0.737. The van der Waals surface area contributed by atoms with Crippen LogP contribution >= 0.6 is 0 Å². The van der Waals surface area contributed by atoms with Crippen molar-refractivity contribution in [3.8, 4) is 0 Å². The van der Waals surface area contributed by atoms with Gasteiger partial charge in [-0.1, -0.05) is 12.1 Å². The van der Waals surface area contributed by atoms with Gasteiger partial charge in [-0.15, -0.1) is 0 Å². The Morgan fingerprint density at radius 2 is 2.19 bits per heavy atom. The molecule has 0 radical (unpaired) electrons. The van der Waals surface area contributed by atoms with Crippen LogP contribution in [0.1, 0.15) is 55.3 Å². The summed E-state index contributed by atoms with van der Waals surface area (Å²) in [6.45, 7) is 7.08. The van der Waals surface area contributed by atoms with Crippen molar-refractivity contribution >= 4 is 11.9 Å². The quantitative estimate of drug-likeness (QED) is 0.746. The summed E-state index contributed by atoms with van der Waals surface area (Å²) in [5, 5.41) is 7.02. The average Bonchev–Trinajstić information content (AvgIpc) is 3.51. The number of rotatable bonds is 7. The zero-order valence-electron chi connectivity index (χ0n) is 15.4. The lowest BCUT2D eigenvalue weighted by Crippen LogP contribution is -2.40. The first-order valence-corrected chi connectivity index (χ1v) is 9.71. The third-order valence-corrected chi connectivity index (χ3v) is 5.75. The van der Waals surface area contributed by atoms with Crippen molar-refractivity contribution in [1.82, 2.24) is 15.4 Å². The Hall–Kier alpha value is -1.89. The van der Waals surface area contributed by atoms with Crippen molar-refractivity contribution in [2.45, 2.75) is 45.1 Å². The van der Waals surface area contributed by atoms with E-state index < -0.39 is 0 Å². The molecule has 1 saturated heterocycles. The van der Waals surface area contributed by atoms with E-state index in [2.05, 4.69) is 22.3 Å². The maximum atomic E-state index is 12.4. The van der Waals surface area contributed by atoms with E-state index in [1.807, 2.05) is 6.92 Å². The molecule has 26 heavy (non-hydrogen) atoms. The Kier molecular flexibility index (Phi) is 4.73. The molecule has 2 unspecified atom stereocenters. The molecule has 7 nitrogen and oxygen atoms in total. The van der Waals surface area contributed by atoms with Crippen LogP contribution in [0.3, 0.4) is 0 Å². The molecule has 0 aromatic carbocycles. The molecule has 0 spiro atoms. The highest BCUT2D eigenvalue weighted by Crippen LogP contribution is 2.41. The van der Waals surface area contributed by atoms with Gasteiger partial charge in [-0.25, -0.2) is 0 Å². The molecule has 1 aromatic heterocycles. The Morgan fingerprint density at radius 1 is 1.38 bits per heavy atom. The van der Waals surface area contributed by atoms with Gasteiger partial charge in [-0.3, -0.25) is 9.59 Å². The van der Waals surface area contributed by atoms with Crippen molar-refractivity contribution in [2.24, 2.45) is 17.8 Å². The minimum absolute atomic E-state index is 0.0629. The number of esters is 1. The molecule has 1 N–H and O–H groups in total. The third-order valence-electron chi connectivity index (χ3n) is 5.75. The number of amides is 1. The largest absolute Gasteiger partial charge is 0.466 e. The van der Waals surface area contributed by atoms with Crippen molar-refractivity contribution in [3.05, 3.63) is 17.5 Å². The Balaban J connectivity index is 1.26. The Bertz CT molecular complexity index is 684. The summed E-state index contributed by atoms with van der Waals surface area (Å²) in [6.07, 6.45) is 3.17. The molecule has 142 valence electrons. The fourth-order valence-corrected chi connectivity index (χ4v) is 3.92. The van der Waals surface area contributed by atoms with Gasteiger partial charge in [0.05, 0.1) is 12.5 Å². The van der Waals surface area contributed by atoms with E-state index in [1.54, 1.807) is 6.07 Å². The number of carbonyl (C=O) groups excluding carboxylic acids is 2. The first-order valence-electron chi connectivity index (χ1n) is 9.71. The lowest BCUT2D eigenvalue weighted by atomic mass is 10.1. The van der Waals surface area contributed by atoms with Crippen LogP contribution in [0.5, 0.6) is 0 Å². The van der Waals surface area contributed by atoms with Crippen molar-refractivity contribution in [1.29, 1.82) is 0 Å². The van der Waals surface area contributed by atoms with E-state index in [0.29, 0.717) is 30.1 Å². The van der Waals surface area contributed by atoms with Gasteiger partial charge >= 0.3 is 5.97 Å². The van der Waals surface area contributed by atoms with Crippen LogP contribution in [-0.4, -0.2) is 54.2 Å². The predicted octanol–water partition coefficient (Wildman–Crippen LogP) is 1.80. The number of likely N-dealkylation sites (tertiary alicyclic amines) is 1. The number of ether oxygens (including phenoxy) is 1. The number of carbonyl (C=O) groups is 2. The summed E-state index contributed by atoms with van der Waals surface area (Å²) in [5.74, 6) is 1.89. The Labute approximate surface area is 153 Å². The minimum atomic E-state index is -0.157. The molecule has 4 atom stereocenters. The predicted molar refractivity (Wildman–Crippen MR) is 93.6 cm³/mol. The van der Waals surface area contributed by atoms with Crippen LogP contribution in [0, 0.1) is 17.8 Å². The second-order valence-electron chi connectivity index (χ2n) is 8.02. The molecule has 1 aromatic rings. The minimum Gasteiger partial charge on any atom is -0.466 e. The monoisotopic (exact) mass is 361 g/mol. The second kappa shape index (κ2) is 7.02. The number of nitrogens with one attached hydrogen (secondary N) is 1. The summed E-state index contributed by atoms with van der Waals surface area (Å²) in [5.41, 5.74) is 0.377. The SMILES string of the molecule is CCOC(=O)C1CC1CN1C[C@H](C)[C@H](NC(=O)c2cc(C3CC3)on2)C1. The normalized spacial score (nSPS) is 31.0. The molecule has 1 amide bonds. The highest BCUT2D eigenvalue weighted by atomic mass is 16.5. The molecule has 4 rings (SSSR count). The number of nitrogens with zero attached hydrogens (tertiary/aromatic N) is 2. The van der Waals surface area contributed by atoms with E-state index >= 15 is 0 Å². The zero-order valence-corrected chi connectivity index (χ0v) is 15.4. The van der Waals surface area contributed by atoms with Gasteiger partial charge in [-0.2, -0.15) is 0 Å².